The van der Waals surface area contributed by atoms with Crippen molar-refractivity contribution in [2.24, 2.45) is 0 Å². The first kappa shape index (κ1) is 9.93. The van der Waals surface area contributed by atoms with Gasteiger partial charge in [-0.3, -0.25) is 0 Å². The monoisotopic (exact) mass is 220 g/mol. The highest BCUT2D eigenvalue weighted by Gasteiger charge is 2.01. The summed E-state index contributed by atoms with van der Waals surface area (Å²) in [6.45, 7) is 1.82. The molecular weight excluding hydrogens is 212 g/mol. The highest BCUT2D eigenvalue weighted by Crippen LogP contribution is 2.18. The smallest absolute Gasteiger partial charge is 0.310 e. The van der Waals surface area contributed by atoms with Gasteiger partial charge < -0.3 is 4.98 Å². The van der Waals surface area contributed by atoms with E-state index in [0.29, 0.717) is 10.7 Å². The molecule has 76 valence electrons. The summed E-state index contributed by atoms with van der Waals surface area (Å²) in [5.41, 5.74) is 2.00. The minimum Gasteiger partial charge on any atom is -0.310 e. The number of nitrogens with zero attached hydrogens (tertiary/aromatic N) is 1. The molecule has 0 aliphatic carbocycles. The molecule has 4 heteroatoms. The van der Waals surface area contributed by atoms with E-state index in [2.05, 4.69) is 9.97 Å². The van der Waals surface area contributed by atoms with Crippen LogP contribution in [0, 0.1) is 6.92 Å². The van der Waals surface area contributed by atoms with Crippen LogP contribution < -0.4 is 5.69 Å². The van der Waals surface area contributed by atoms with Crippen molar-refractivity contribution in [1.82, 2.24) is 9.97 Å². The molecule has 0 aliphatic rings. The molecule has 0 bridgehead atoms. The Morgan fingerprint density at radius 3 is 2.53 bits per heavy atom. The fraction of sp³-hybridized carbons (Fsp3) is 0.0909. The van der Waals surface area contributed by atoms with Gasteiger partial charge in [-0.05, 0) is 25.1 Å². The second kappa shape index (κ2) is 3.87. The molecule has 2 rings (SSSR count). The molecule has 1 N–H and O–H groups in total. The van der Waals surface area contributed by atoms with Crippen molar-refractivity contribution in [2.45, 2.75) is 6.92 Å². The number of hydrogen-bond donors (Lipinski definition) is 1. The Bertz CT molecular complexity index is 531. The summed E-state index contributed by atoms with van der Waals surface area (Å²) in [6, 6.07) is 9.04. The van der Waals surface area contributed by atoms with Gasteiger partial charge in [-0.25, -0.2) is 4.79 Å². The molecule has 0 saturated carbocycles. The maximum atomic E-state index is 11.2. The van der Waals surface area contributed by atoms with Gasteiger partial charge >= 0.3 is 5.69 Å². The first-order chi connectivity index (χ1) is 7.15. The topological polar surface area (TPSA) is 45.8 Å². The normalized spacial score (nSPS) is 10.3. The second-order valence-electron chi connectivity index (χ2n) is 3.26. The van der Waals surface area contributed by atoms with Crippen LogP contribution in [0.25, 0.3) is 11.3 Å². The van der Waals surface area contributed by atoms with Crippen molar-refractivity contribution in [3.8, 4) is 11.3 Å². The lowest BCUT2D eigenvalue weighted by Gasteiger charge is -2.01. The molecule has 0 amide bonds. The van der Waals surface area contributed by atoms with Crippen LogP contribution in [0.1, 0.15) is 5.69 Å². The van der Waals surface area contributed by atoms with E-state index in [1.54, 1.807) is 12.1 Å². The number of aromatic amines is 1. The molecule has 1 heterocycles. The molecule has 1 aromatic heterocycles. The number of benzene rings is 1. The highest BCUT2D eigenvalue weighted by atomic mass is 35.5. The van der Waals surface area contributed by atoms with Crippen molar-refractivity contribution in [3.05, 3.63) is 51.5 Å². The zero-order valence-corrected chi connectivity index (χ0v) is 8.88. The Balaban J connectivity index is 2.54. The first-order valence-electron chi connectivity index (χ1n) is 4.49. The van der Waals surface area contributed by atoms with Gasteiger partial charge in [0.25, 0.3) is 0 Å². The Kier molecular flexibility index (Phi) is 2.56. The zero-order chi connectivity index (χ0) is 10.8. The van der Waals surface area contributed by atoms with Crippen LogP contribution in [0.3, 0.4) is 0 Å². The van der Waals surface area contributed by atoms with Gasteiger partial charge in [0.2, 0.25) is 0 Å². The average molecular weight is 221 g/mol. The quantitative estimate of drug-likeness (QED) is 0.802. The molecular formula is C11H9ClN2O. The van der Waals surface area contributed by atoms with Crippen LogP contribution in [0.4, 0.5) is 0 Å². The van der Waals surface area contributed by atoms with E-state index < -0.39 is 0 Å². The predicted molar refractivity (Wildman–Crippen MR) is 60.0 cm³/mol. The Morgan fingerprint density at radius 1 is 1.27 bits per heavy atom. The van der Waals surface area contributed by atoms with E-state index in [1.165, 1.54) is 0 Å². The molecule has 0 aliphatic heterocycles. The van der Waals surface area contributed by atoms with E-state index in [9.17, 15) is 4.79 Å². The molecule has 0 fully saturated rings. The van der Waals surface area contributed by atoms with E-state index >= 15 is 0 Å². The van der Waals surface area contributed by atoms with Crippen LogP contribution in [-0.2, 0) is 0 Å². The molecule has 0 spiro atoms. The van der Waals surface area contributed by atoms with Crippen molar-refractivity contribution in [3.63, 3.8) is 0 Å². The Morgan fingerprint density at radius 2 is 1.93 bits per heavy atom. The van der Waals surface area contributed by atoms with Crippen molar-refractivity contribution in [2.75, 3.05) is 0 Å². The summed E-state index contributed by atoms with van der Waals surface area (Å²) < 4.78 is 0. The lowest BCUT2D eigenvalue weighted by atomic mass is 10.1. The SMILES string of the molecule is Cc1cc(-c2ccc(Cl)cc2)nc(=O)[nH]1. The third kappa shape index (κ3) is 2.25. The number of hydrogen-bond acceptors (Lipinski definition) is 2. The lowest BCUT2D eigenvalue weighted by molar-refractivity contribution is 1.03. The van der Waals surface area contributed by atoms with Crippen molar-refractivity contribution >= 4 is 11.6 Å². The van der Waals surface area contributed by atoms with Crippen LogP contribution in [0.15, 0.2) is 35.1 Å². The van der Waals surface area contributed by atoms with Crippen molar-refractivity contribution in [1.29, 1.82) is 0 Å². The molecule has 1 aromatic carbocycles. The number of halogens is 1. The van der Waals surface area contributed by atoms with Gasteiger partial charge in [0, 0.05) is 16.3 Å². The van der Waals surface area contributed by atoms with Crippen LogP contribution in [-0.4, -0.2) is 9.97 Å². The van der Waals surface area contributed by atoms with Gasteiger partial charge in [0.1, 0.15) is 0 Å². The number of nitrogens with one attached hydrogen (secondary N) is 1. The standard InChI is InChI=1S/C11H9ClN2O/c1-7-6-10(14-11(15)13-7)8-2-4-9(12)5-3-8/h2-6H,1H3,(H,13,14,15). The molecule has 15 heavy (non-hydrogen) atoms. The van der Waals surface area contributed by atoms with Crippen LogP contribution in [0.2, 0.25) is 5.02 Å². The Hall–Kier alpha value is -1.61. The predicted octanol–water partition coefficient (Wildman–Crippen LogP) is 2.40. The third-order valence-corrected chi connectivity index (χ3v) is 2.27. The van der Waals surface area contributed by atoms with E-state index in [1.807, 2.05) is 25.1 Å². The molecule has 0 radical (unpaired) electrons. The minimum absolute atomic E-state index is 0.333. The molecule has 3 nitrogen and oxygen atoms in total. The van der Waals surface area contributed by atoms with Gasteiger partial charge in [0.15, 0.2) is 0 Å². The summed E-state index contributed by atoms with van der Waals surface area (Å²) in [7, 11) is 0. The lowest BCUT2D eigenvalue weighted by Crippen LogP contribution is -2.11. The molecule has 2 aromatic rings. The van der Waals surface area contributed by atoms with E-state index in [0.717, 1.165) is 11.3 Å². The van der Waals surface area contributed by atoms with Gasteiger partial charge in [0.05, 0.1) is 5.69 Å². The fourth-order valence-electron chi connectivity index (χ4n) is 1.35. The summed E-state index contributed by atoms with van der Waals surface area (Å²) in [5.74, 6) is 0. The van der Waals surface area contributed by atoms with Gasteiger partial charge in [-0.15, -0.1) is 0 Å². The molecule has 0 unspecified atom stereocenters. The summed E-state index contributed by atoms with van der Waals surface area (Å²) >= 11 is 5.77. The van der Waals surface area contributed by atoms with Crippen LogP contribution in [0.5, 0.6) is 0 Å². The number of aromatic nitrogens is 2. The summed E-state index contributed by atoms with van der Waals surface area (Å²) in [6.07, 6.45) is 0. The fourth-order valence-corrected chi connectivity index (χ4v) is 1.47. The number of H-pyrrole nitrogens is 1. The van der Waals surface area contributed by atoms with Crippen LogP contribution >= 0.6 is 11.6 Å². The van der Waals surface area contributed by atoms with Gasteiger partial charge in [-0.2, -0.15) is 4.98 Å². The van der Waals surface area contributed by atoms with Crippen molar-refractivity contribution < 1.29 is 0 Å². The maximum Gasteiger partial charge on any atom is 0.345 e. The highest BCUT2D eigenvalue weighted by molar-refractivity contribution is 6.30. The largest absolute Gasteiger partial charge is 0.345 e. The number of rotatable bonds is 1. The molecule has 0 saturated heterocycles. The third-order valence-electron chi connectivity index (χ3n) is 2.02. The van der Waals surface area contributed by atoms with Gasteiger partial charge in [-0.1, -0.05) is 23.7 Å². The molecule has 0 atom stereocenters. The first-order valence-corrected chi connectivity index (χ1v) is 4.87. The maximum absolute atomic E-state index is 11.2. The average Bonchev–Trinajstić information content (AvgIpc) is 2.17. The number of aryl methyl sites for hydroxylation is 1. The van der Waals surface area contributed by atoms with E-state index in [4.69, 9.17) is 11.6 Å². The Labute approximate surface area is 91.8 Å². The second-order valence-corrected chi connectivity index (χ2v) is 3.70. The zero-order valence-electron chi connectivity index (χ0n) is 8.12. The summed E-state index contributed by atoms with van der Waals surface area (Å²) in [4.78, 5) is 17.6. The minimum atomic E-state index is -0.333. The summed E-state index contributed by atoms with van der Waals surface area (Å²) in [5, 5.41) is 0.667. The van der Waals surface area contributed by atoms with E-state index in [-0.39, 0.29) is 5.69 Å².